The fraction of sp³-hybridized carbons (Fsp3) is 0.500. The number of nitrogens with one attached hydrogen (secondary N) is 1. The van der Waals surface area contributed by atoms with Crippen LogP contribution in [0.25, 0.3) is 11.0 Å². The van der Waals surface area contributed by atoms with Crippen molar-refractivity contribution in [3.63, 3.8) is 0 Å². The highest BCUT2D eigenvalue weighted by atomic mass is 16.5. The number of allylic oxidation sites excluding steroid dienone is 3. The zero-order valence-corrected chi connectivity index (χ0v) is 20.6. The van der Waals surface area contributed by atoms with Crippen LogP contribution < -0.4 is 0 Å². The summed E-state index contributed by atoms with van der Waals surface area (Å²) < 4.78 is 5.86. The van der Waals surface area contributed by atoms with Crippen LogP contribution in [-0.2, 0) is 4.74 Å². The van der Waals surface area contributed by atoms with Gasteiger partial charge in [0, 0.05) is 36.6 Å². The third kappa shape index (κ3) is 2.94. The van der Waals surface area contributed by atoms with Crippen LogP contribution in [0.15, 0.2) is 57.4 Å². The van der Waals surface area contributed by atoms with Gasteiger partial charge in [-0.3, -0.25) is 4.79 Å². The number of rotatable bonds is 2. The minimum atomic E-state index is -0.0662. The van der Waals surface area contributed by atoms with Gasteiger partial charge in [0.05, 0.1) is 28.8 Å². The van der Waals surface area contributed by atoms with Gasteiger partial charge in [-0.2, -0.15) is 0 Å². The number of likely N-dealkylation sites (tertiary alicyclic amines) is 1. The highest BCUT2D eigenvalue weighted by Crippen LogP contribution is 2.61. The maximum Gasteiger partial charge on any atom is 0.254 e. The monoisotopic (exact) mass is 469 g/mol. The summed E-state index contributed by atoms with van der Waals surface area (Å²) in [7, 11) is 0. The summed E-state index contributed by atoms with van der Waals surface area (Å²) in [6, 6.07) is 5.91. The molecular formula is C28H31N5O2. The minimum absolute atomic E-state index is 0.0178. The first-order valence-corrected chi connectivity index (χ1v) is 12.8. The molecule has 2 bridgehead atoms. The molecule has 0 saturated carbocycles. The third-order valence-corrected chi connectivity index (χ3v) is 9.49. The van der Waals surface area contributed by atoms with Gasteiger partial charge in [0.25, 0.3) is 5.91 Å². The predicted octanol–water partition coefficient (Wildman–Crippen LogP) is 4.83. The summed E-state index contributed by atoms with van der Waals surface area (Å²) in [5, 5.41) is 0. The number of amidine groups is 1. The Morgan fingerprint density at radius 2 is 2.11 bits per heavy atom. The van der Waals surface area contributed by atoms with Crippen molar-refractivity contribution < 1.29 is 9.53 Å². The van der Waals surface area contributed by atoms with Crippen LogP contribution in [0, 0.1) is 10.8 Å². The van der Waals surface area contributed by atoms with E-state index in [1.54, 1.807) is 6.33 Å². The van der Waals surface area contributed by atoms with Crippen LogP contribution >= 0.6 is 0 Å². The lowest BCUT2D eigenvalue weighted by Crippen LogP contribution is -2.62. The molecule has 1 aromatic heterocycles. The van der Waals surface area contributed by atoms with Crippen molar-refractivity contribution >= 4 is 28.5 Å². The average molecular weight is 470 g/mol. The fourth-order valence-corrected chi connectivity index (χ4v) is 6.98. The zero-order chi connectivity index (χ0) is 23.9. The second-order valence-corrected chi connectivity index (χ2v) is 11.4. The van der Waals surface area contributed by atoms with E-state index in [0.717, 1.165) is 79.1 Å². The maximum atomic E-state index is 13.8. The van der Waals surface area contributed by atoms with Gasteiger partial charge in [-0.1, -0.05) is 26.3 Å². The highest BCUT2D eigenvalue weighted by molar-refractivity contribution is 6.16. The molecule has 2 saturated heterocycles. The number of nitrogens with zero attached hydrogens (tertiary/aromatic N) is 4. The molecule has 0 spiro atoms. The van der Waals surface area contributed by atoms with Crippen molar-refractivity contribution in [2.75, 3.05) is 13.2 Å². The number of hydrogen-bond acceptors (Lipinski definition) is 5. The number of amides is 1. The van der Waals surface area contributed by atoms with E-state index in [2.05, 4.69) is 41.7 Å². The Kier molecular flexibility index (Phi) is 4.39. The SMILES string of the molecule is CC1(C)[C@H]2CC3=C(C=C4N=C([C@H]5CCCO5)N=C4C3)[C@]1(C)CCN2C(=O)c1ccc2nc[nH]c2c1. The minimum Gasteiger partial charge on any atom is -0.370 e. The summed E-state index contributed by atoms with van der Waals surface area (Å²) >= 11 is 0. The summed E-state index contributed by atoms with van der Waals surface area (Å²) in [6.45, 7) is 8.64. The number of H-pyrrole nitrogens is 1. The Labute approximate surface area is 205 Å². The van der Waals surface area contributed by atoms with E-state index in [-0.39, 0.29) is 28.9 Å². The van der Waals surface area contributed by atoms with Crippen LogP contribution in [0.3, 0.4) is 0 Å². The van der Waals surface area contributed by atoms with Crippen LogP contribution in [-0.4, -0.2) is 57.6 Å². The first-order chi connectivity index (χ1) is 16.8. The second-order valence-electron chi connectivity index (χ2n) is 11.4. The fourth-order valence-electron chi connectivity index (χ4n) is 6.98. The normalized spacial score (nSPS) is 31.2. The first-order valence-electron chi connectivity index (χ1n) is 12.8. The summed E-state index contributed by atoms with van der Waals surface area (Å²) in [4.78, 5) is 33.2. The number of ether oxygens (including phenoxy) is 1. The molecule has 3 atom stereocenters. The Bertz CT molecular complexity index is 1390. The molecule has 35 heavy (non-hydrogen) atoms. The molecule has 0 unspecified atom stereocenters. The summed E-state index contributed by atoms with van der Waals surface area (Å²) in [6.07, 6.45) is 8.75. The van der Waals surface area contributed by atoms with Crippen molar-refractivity contribution in [3.8, 4) is 0 Å². The van der Waals surface area contributed by atoms with Crippen molar-refractivity contribution in [1.29, 1.82) is 0 Å². The lowest BCUT2D eigenvalue weighted by atomic mass is 9.50. The first kappa shape index (κ1) is 21.2. The van der Waals surface area contributed by atoms with Gasteiger partial charge in [-0.25, -0.2) is 15.0 Å². The molecule has 7 rings (SSSR count). The lowest BCUT2D eigenvalue weighted by molar-refractivity contribution is -0.0461. The number of carbonyl (C=O) groups is 1. The van der Waals surface area contributed by atoms with E-state index in [9.17, 15) is 4.79 Å². The van der Waals surface area contributed by atoms with E-state index in [1.165, 1.54) is 11.1 Å². The maximum absolute atomic E-state index is 13.8. The smallest absolute Gasteiger partial charge is 0.254 e. The molecule has 4 heterocycles. The predicted molar refractivity (Wildman–Crippen MR) is 136 cm³/mol. The topological polar surface area (TPSA) is 82.9 Å². The van der Waals surface area contributed by atoms with Gasteiger partial charge < -0.3 is 14.6 Å². The van der Waals surface area contributed by atoms with Gasteiger partial charge in [-0.05, 0) is 60.9 Å². The molecule has 7 nitrogen and oxygen atoms in total. The van der Waals surface area contributed by atoms with Crippen LogP contribution in [0.1, 0.15) is 63.2 Å². The molecule has 5 aliphatic rings. The largest absolute Gasteiger partial charge is 0.370 e. The van der Waals surface area contributed by atoms with Gasteiger partial charge in [-0.15, -0.1) is 0 Å². The number of fused-ring (bicyclic) bond motifs is 5. The molecule has 3 aliphatic heterocycles. The number of imidazole rings is 1. The van der Waals surface area contributed by atoms with E-state index in [4.69, 9.17) is 14.7 Å². The molecular weight excluding hydrogens is 438 g/mol. The average Bonchev–Trinajstić information content (AvgIpc) is 3.60. The van der Waals surface area contributed by atoms with Gasteiger partial charge >= 0.3 is 0 Å². The number of aromatic amines is 1. The Morgan fingerprint density at radius 1 is 1.23 bits per heavy atom. The van der Waals surface area contributed by atoms with Crippen LogP contribution in [0.5, 0.6) is 0 Å². The van der Waals surface area contributed by atoms with Crippen LogP contribution in [0.2, 0.25) is 0 Å². The number of aliphatic imine (C=N–C) groups is 2. The number of benzene rings is 1. The summed E-state index contributed by atoms with van der Waals surface area (Å²) in [5.74, 6) is 0.960. The van der Waals surface area contributed by atoms with E-state index >= 15 is 0 Å². The number of aromatic nitrogens is 2. The standard InChI is InChI=1S/C28H31N5O2/c1-27(2)24-13-17-12-21-22(32-25(31-21)23-5-4-10-35-23)14-18(17)28(27,3)8-9-33(24)26(34)16-6-7-19-20(11-16)30-15-29-19/h6-7,11,14-15,23-24H,4-5,8-10,12-13H2,1-3H3,(H,29,30)/t23-,24-,28+/m1/s1. The van der Waals surface area contributed by atoms with Crippen molar-refractivity contribution in [3.05, 3.63) is 53.0 Å². The Hall–Kier alpha value is -3.06. The number of carbonyl (C=O) groups excluding carboxylic acids is 1. The second kappa shape index (κ2) is 7.23. The Balaban J connectivity index is 1.23. The van der Waals surface area contributed by atoms with Gasteiger partial charge in [0.1, 0.15) is 6.10 Å². The summed E-state index contributed by atoms with van der Waals surface area (Å²) in [5.41, 5.74) is 7.36. The number of hydrogen-bond donors (Lipinski definition) is 1. The molecule has 180 valence electrons. The van der Waals surface area contributed by atoms with Crippen molar-refractivity contribution in [2.24, 2.45) is 20.8 Å². The molecule has 2 aliphatic carbocycles. The molecule has 1 aromatic carbocycles. The number of piperidine rings is 1. The molecule has 0 radical (unpaired) electrons. The lowest BCUT2D eigenvalue weighted by Gasteiger charge is -2.61. The van der Waals surface area contributed by atoms with E-state index < -0.39 is 0 Å². The highest BCUT2D eigenvalue weighted by Gasteiger charge is 2.58. The quantitative estimate of drug-likeness (QED) is 0.684. The van der Waals surface area contributed by atoms with Crippen molar-refractivity contribution in [1.82, 2.24) is 14.9 Å². The zero-order valence-electron chi connectivity index (χ0n) is 20.6. The molecule has 1 amide bonds. The molecule has 2 fully saturated rings. The van der Waals surface area contributed by atoms with E-state index in [1.807, 2.05) is 18.2 Å². The third-order valence-electron chi connectivity index (χ3n) is 9.49. The van der Waals surface area contributed by atoms with E-state index in [0.29, 0.717) is 0 Å². The van der Waals surface area contributed by atoms with Gasteiger partial charge in [0.2, 0.25) is 0 Å². The Morgan fingerprint density at radius 3 is 2.94 bits per heavy atom. The van der Waals surface area contributed by atoms with Crippen molar-refractivity contribution in [2.45, 2.75) is 65.0 Å². The van der Waals surface area contributed by atoms with Crippen LogP contribution in [0.4, 0.5) is 0 Å². The molecule has 1 N–H and O–H groups in total. The molecule has 7 heteroatoms. The molecule has 2 aromatic rings. The van der Waals surface area contributed by atoms with Gasteiger partial charge in [0.15, 0.2) is 5.84 Å².